The summed E-state index contributed by atoms with van der Waals surface area (Å²) in [5.74, 6) is -0.213. The summed E-state index contributed by atoms with van der Waals surface area (Å²) in [6.45, 7) is 1.94. The van der Waals surface area contributed by atoms with E-state index >= 15 is 0 Å². The molecule has 3 N–H and O–H groups in total. The molecule has 0 radical (unpaired) electrons. The Bertz CT molecular complexity index is 569. The van der Waals surface area contributed by atoms with Gasteiger partial charge in [0.1, 0.15) is 6.04 Å². The summed E-state index contributed by atoms with van der Waals surface area (Å²) in [7, 11) is 0. The highest BCUT2D eigenvalue weighted by Gasteiger charge is 2.18. The monoisotopic (exact) mass is 275 g/mol. The van der Waals surface area contributed by atoms with Gasteiger partial charge in [0.05, 0.1) is 5.69 Å². The molecule has 0 amide bonds. The summed E-state index contributed by atoms with van der Waals surface area (Å²) in [6, 6.07) is 8.70. The summed E-state index contributed by atoms with van der Waals surface area (Å²) >= 11 is 0. The quantitative estimate of drug-likeness (QED) is 0.801. The lowest BCUT2D eigenvalue weighted by molar-refractivity contribution is -0.138. The van der Waals surface area contributed by atoms with Gasteiger partial charge in [-0.2, -0.15) is 4.68 Å². The Morgan fingerprint density at radius 3 is 2.75 bits per heavy atom. The third-order valence-electron chi connectivity index (χ3n) is 3.04. The van der Waals surface area contributed by atoms with Crippen molar-refractivity contribution in [3.63, 3.8) is 0 Å². The highest BCUT2D eigenvalue weighted by molar-refractivity contribution is 5.73. The van der Waals surface area contributed by atoms with E-state index in [-0.39, 0.29) is 5.92 Å². The van der Waals surface area contributed by atoms with E-state index in [2.05, 4.69) is 15.5 Å². The van der Waals surface area contributed by atoms with Crippen LogP contribution in [0, 0.1) is 5.92 Å². The maximum atomic E-state index is 10.8. The van der Waals surface area contributed by atoms with E-state index in [9.17, 15) is 4.79 Å². The van der Waals surface area contributed by atoms with Crippen molar-refractivity contribution in [2.45, 2.75) is 25.8 Å². The number of nitrogens with zero attached hydrogens (tertiary/aromatic N) is 4. The average molecular weight is 275 g/mol. The molecule has 0 aliphatic carbocycles. The fraction of sp³-hybridized carbons (Fsp3) is 0.385. The molecule has 0 spiro atoms. The van der Waals surface area contributed by atoms with Crippen LogP contribution in [-0.4, -0.2) is 37.3 Å². The van der Waals surface area contributed by atoms with Gasteiger partial charge in [0.2, 0.25) is 0 Å². The number of aliphatic carboxylic acids is 1. The number of rotatable bonds is 6. The van der Waals surface area contributed by atoms with Crippen molar-refractivity contribution in [3.05, 3.63) is 36.2 Å². The number of aromatic nitrogens is 4. The summed E-state index contributed by atoms with van der Waals surface area (Å²) in [6.07, 6.45) is 0.958. The predicted molar refractivity (Wildman–Crippen MR) is 72.3 cm³/mol. The van der Waals surface area contributed by atoms with Gasteiger partial charge in [0.25, 0.3) is 0 Å². The van der Waals surface area contributed by atoms with Gasteiger partial charge < -0.3 is 10.8 Å². The van der Waals surface area contributed by atoms with Crippen molar-refractivity contribution in [2.24, 2.45) is 11.7 Å². The molecule has 7 nitrogen and oxygen atoms in total. The van der Waals surface area contributed by atoms with E-state index in [0.29, 0.717) is 18.7 Å². The SMILES string of the molecule is CC(Cc1nnnn1-c1ccccc1)C[C@H](N)C(=O)O. The first kappa shape index (κ1) is 14.1. The molecule has 0 aliphatic rings. The molecule has 2 rings (SSSR count). The fourth-order valence-corrected chi connectivity index (χ4v) is 2.03. The Balaban J connectivity index is 2.08. The molecule has 20 heavy (non-hydrogen) atoms. The number of hydrogen-bond donors (Lipinski definition) is 2. The highest BCUT2D eigenvalue weighted by atomic mass is 16.4. The van der Waals surface area contributed by atoms with Gasteiger partial charge in [0.15, 0.2) is 5.82 Å². The molecule has 2 aromatic rings. The lowest BCUT2D eigenvalue weighted by atomic mass is 9.98. The van der Waals surface area contributed by atoms with E-state index in [4.69, 9.17) is 10.8 Å². The summed E-state index contributed by atoms with van der Waals surface area (Å²) < 4.78 is 1.66. The second-order valence-electron chi connectivity index (χ2n) is 4.83. The van der Waals surface area contributed by atoms with Crippen LogP contribution in [0.25, 0.3) is 5.69 Å². The topological polar surface area (TPSA) is 107 Å². The minimum atomic E-state index is -0.987. The zero-order valence-electron chi connectivity index (χ0n) is 11.2. The minimum absolute atomic E-state index is 0.0783. The van der Waals surface area contributed by atoms with Crippen molar-refractivity contribution in [1.82, 2.24) is 20.2 Å². The largest absolute Gasteiger partial charge is 0.480 e. The van der Waals surface area contributed by atoms with E-state index < -0.39 is 12.0 Å². The zero-order chi connectivity index (χ0) is 14.5. The van der Waals surface area contributed by atoms with Crippen molar-refractivity contribution < 1.29 is 9.90 Å². The smallest absolute Gasteiger partial charge is 0.320 e. The molecule has 0 saturated heterocycles. The first-order chi connectivity index (χ1) is 9.58. The number of tetrazole rings is 1. The van der Waals surface area contributed by atoms with Crippen LogP contribution in [0.15, 0.2) is 30.3 Å². The molecular formula is C13H17N5O2. The predicted octanol–water partition coefficient (Wildman–Crippen LogP) is 0.643. The number of nitrogens with two attached hydrogens (primary N) is 1. The van der Waals surface area contributed by atoms with Crippen molar-refractivity contribution in [3.8, 4) is 5.69 Å². The normalized spacial score (nSPS) is 13.9. The number of benzene rings is 1. The number of hydrogen-bond acceptors (Lipinski definition) is 5. The van der Waals surface area contributed by atoms with Crippen molar-refractivity contribution in [1.29, 1.82) is 0 Å². The summed E-state index contributed by atoms with van der Waals surface area (Å²) in [5, 5.41) is 20.5. The maximum absolute atomic E-state index is 10.8. The van der Waals surface area contributed by atoms with Crippen LogP contribution in [0.2, 0.25) is 0 Å². The summed E-state index contributed by atoms with van der Waals surface area (Å²) in [4.78, 5) is 10.8. The summed E-state index contributed by atoms with van der Waals surface area (Å²) in [5.41, 5.74) is 6.41. The van der Waals surface area contributed by atoms with Crippen LogP contribution in [0.1, 0.15) is 19.2 Å². The van der Waals surface area contributed by atoms with Gasteiger partial charge in [-0.25, -0.2) is 0 Å². The number of carbonyl (C=O) groups is 1. The van der Waals surface area contributed by atoms with Gasteiger partial charge >= 0.3 is 5.97 Å². The lowest BCUT2D eigenvalue weighted by Crippen LogP contribution is -2.32. The maximum Gasteiger partial charge on any atom is 0.320 e. The number of carboxylic acids is 1. The van der Waals surface area contributed by atoms with Gasteiger partial charge in [-0.1, -0.05) is 25.1 Å². The Morgan fingerprint density at radius 2 is 2.10 bits per heavy atom. The van der Waals surface area contributed by atoms with Crippen LogP contribution >= 0.6 is 0 Å². The molecule has 2 atom stereocenters. The first-order valence-corrected chi connectivity index (χ1v) is 6.39. The molecule has 0 bridgehead atoms. The van der Waals surface area contributed by atoms with E-state index in [1.807, 2.05) is 37.3 Å². The van der Waals surface area contributed by atoms with Gasteiger partial charge in [0, 0.05) is 6.42 Å². The van der Waals surface area contributed by atoms with Gasteiger partial charge in [-0.15, -0.1) is 5.10 Å². The molecular weight excluding hydrogens is 258 g/mol. The number of carboxylic acid groups (broad SMARTS) is 1. The lowest BCUT2D eigenvalue weighted by Gasteiger charge is -2.13. The van der Waals surface area contributed by atoms with Crippen molar-refractivity contribution >= 4 is 5.97 Å². The third-order valence-corrected chi connectivity index (χ3v) is 3.04. The Labute approximate surface area is 116 Å². The zero-order valence-corrected chi connectivity index (χ0v) is 11.2. The molecule has 0 aliphatic heterocycles. The molecule has 7 heteroatoms. The van der Waals surface area contributed by atoms with Crippen LogP contribution in [0.5, 0.6) is 0 Å². The van der Waals surface area contributed by atoms with Gasteiger partial charge in [-0.05, 0) is 34.9 Å². The molecule has 0 saturated carbocycles. The van der Waals surface area contributed by atoms with Crippen LogP contribution in [0.3, 0.4) is 0 Å². The van der Waals surface area contributed by atoms with E-state index in [1.54, 1.807) is 4.68 Å². The van der Waals surface area contributed by atoms with Crippen LogP contribution in [0.4, 0.5) is 0 Å². The second-order valence-corrected chi connectivity index (χ2v) is 4.83. The van der Waals surface area contributed by atoms with Crippen molar-refractivity contribution in [2.75, 3.05) is 0 Å². The van der Waals surface area contributed by atoms with Gasteiger partial charge in [-0.3, -0.25) is 4.79 Å². The number of para-hydroxylation sites is 1. The first-order valence-electron chi connectivity index (χ1n) is 6.39. The highest BCUT2D eigenvalue weighted by Crippen LogP contribution is 2.14. The molecule has 1 aromatic carbocycles. The standard InChI is InChI=1S/C13H17N5O2/c1-9(7-11(14)13(19)20)8-12-15-16-17-18(12)10-5-3-2-4-6-10/h2-6,9,11H,7-8,14H2,1H3,(H,19,20)/t9?,11-/m0/s1. The molecule has 1 heterocycles. The van der Waals surface area contributed by atoms with Crippen LogP contribution < -0.4 is 5.73 Å². The fourth-order valence-electron chi connectivity index (χ4n) is 2.03. The van der Waals surface area contributed by atoms with Crippen LogP contribution in [-0.2, 0) is 11.2 Å². The van der Waals surface area contributed by atoms with E-state index in [1.165, 1.54) is 0 Å². The Morgan fingerprint density at radius 1 is 1.40 bits per heavy atom. The third kappa shape index (κ3) is 3.39. The Kier molecular flexibility index (Phi) is 4.41. The minimum Gasteiger partial charge on any atom is -0.480 e. The Hall–Kier alpha value is -2.28. The average Bonchev–Trinajstić information content (AvgIpc) is 2.87. The molecule has 0 fully saturated rings. The second kappa shape index (κ2) is 6.25. The molecule has 1 aromatic heterocycles. The molecule has 1 unspecified atom stereocenters. The van der Waals surface area contributed by atoms with E-state index in [0.717, 1.165) is 5.69 Å². The molecule has 106 valence electrons.